The Morgan fingerprint density at radius 3 is 2.50 bits per heavy atom. The van der Waals surface area contributed by atoms with Gasteiger partial charge in [-0.3, -0.25) is 5.01 Å². The molecule has 0 radical (unpaired) electrons. The summed E-state index contributed by atoms with van der Waals surface area (Å²) in [4.78, 5) is 1.20. The van der Waals surface area contributed by atoms with Crippen LogP contribution in [0, 0.1) is 0 Å². The van der Waals surface area contributed by atoms with E-state index in [-0.39, 0.29) is 6.04 Å². The van der Waals surface area contributed by atoms with E-state index in [2.05, 4.69) is 40.7 Å². The molecule has 0 fully saturated rings. The molecule has 0 bridgehead atoms. The van der Waals surface area contributed by atoms with Gasteiger partial charge in [-0.05, 0) is 29.6 Å². The number of nitrogens with zero attached hydrogens (tertiary/aromatic N) is 2. The van der Waals surface area contributed by atoms with Crippen molar-refractivity contribution < 1.29 is 9.47 Å². The van der Waals surface area contributed by atoms with Gasteiger partial charge in [-0.2, -0.15) is 5.10 Å². The highest BCUT2D eigenvalue weighted by Crippen LogP contribution is 2.43. The lowest BCUT2D eigenvalue weighted by molar-refractivity contribution is 0.349. The Hall–Kier alpha value is -2.79. The third-order valence-corrected chi connectivity index (χ3v) is 5.45. The zero-order valence-corrected chi connectivity index (χ0v) is 15.6. The van der Waals surface area contributed by atoms with E-state index in [0.29, 0.717) is 0 Å². The SMILES string of the molecule is COc1cccc([C@@H]2CC(c3cccs3)=NN2c2ccccc2)c1OC. The number of ether oxygens (including phenoxy) is 2. The molecule has 132 valence electrons. The molecule has 5 heteroatoms. The molecule has 0 saturated heterocycles. The Bertz CT molecular complexity index is 907. The summed E-state index contributed by atoms with van der Waals surface area (Å²) >= 11 is 1.72. The summed E-state index contributed by atoms with van der Waals surface area (Å²) in [6, 6.07) is 20.5. The summed E-state index contributed by atoms with van der Waals surface area (Å²) in [5.74, 6) is 1.51. The lowest BCUT2D eigenvalue weighted by Gasteiger charge is -2.26. The summed E-state index contributed by atoms with van der Waals surface area (Å²) < 4.78 is 11.2. The molecule has 26 heavy (non-hydrogen) atoms. The van der Waals surface area contributed by atoms with Gasteiger partial charge in [0.1, 0.15) is 0 Å². The van der Waals surface area contributed by atoms with Gasteiger partial charge in [0.2, 0.25) is 0 Å². The molecule has 0 amide bonds. The van der Waals surface area contributed by atoms with E-state index in [1.807, 2.05) is 30.3 Å². The number of thiophene rings is 1. The molecule has 1 atom stereocenters. The van der Waals surface area contributed by atoms with Crippen molar-refractivity contribution in [2.24, 2.45) is 5.10 Å². The smallest absolute Gasteiger partial charge is 0.166 e. The molecule has 1 aromatic heterocycles. The number of hydrogen-bond donors (Lipinski definition) is 0. The van der Waals surface area contributed by atoms with Crippen molar-refractivity contribution in [2.45, 2.75) is 12.5 Å². The van der Waals surface area contributed by atoms with Crippen molar-refractivity contribution in [2.75, 3.05) is 19.2 Å². The van der Waals surface area contributed by atoms with Crippen LogP contribution in [0.5, 0.6) is 11.5 Å². The molecule has 2 heterocycles. The zero-order valence-electron chi connectivity index (χ0n) is 14.8. The van der Waals surface area contributed by atoms with Crippen LogP contribution in [-0.2, 0) is 0 Å². The number of hydrazone groups is 1. The number of para-hydroxylation sites is 2. The quantitative estimate of drug-likeness (QED) is 0.630. The number of methoxy groups -OCH3 is 2. The monoisotopic (exact) mass is 364 g/mol. The second-order valence-corrected chi connectivity index (χ2v) is 6.95. The van der Waals surface area contributed by atoms with Crippen LogP contribution in [-0.4, -0.2) is 19.9 Å². The first-order chi connectivity index (χ1) is 12.8. The van der Waals surface area contributed by atoms with Crippen LogP contribution in [0.3, 0.4) is 0 Å². The van der Waals surface area contributed by atoms with Crippen molar-refractivity contribution in [3.63, 3.8) is 0 Å². The summed E-state index contributed by atoms with van der Waals surface area (Å²) in [5.41, 5.74) is 3.23. The van der Waals surface area contributed by atoms with E-state index < -0.39 is 0 Å². The average molecular weight is 364 g/mol. The molecule has 0 aliphatic carbocycles. The highest BCUT2D eigenvalue weighted by Gasteiger charge is 2.33. The van der Waals surface area contributed by atoms with Crippen molar-refractivity contribution in [3.8, 4) is 11.5 Å². The Balaban J connectivity index is 1.80. The van der Waals surface area contributed by atoms with Crippen LogP contribution in [0.4, 0.5) is 5.69 Å². The van der Waals surface area contributed by atoms with Crippen LogP contribution in [0.25, 0.3) is 0 Å². The van der Waals surface area contributed by atoms with E-state index in [1.165, 1.54) is 4.88 Å². The van der Waals surface area contributed by atoms with Crippen LogP contribution in [0.1, 0.15) is 22.9 Å². The molecule has 0 spiro atoms. The second-order valence-electron chi connectivity index (χ2n) is 6.01. The van der Waals surface area contributed by atoms with Gasteiger partial charge in [0.15, 0.2) is 11.5 Å². The van der Waals surface area contributed by atoms with Crippen LogP contribution in [0.2, 0.25) is 0 Å². The van der Waals surface area contributed by atoms with Gasteiger partial charge in [-0.15, -0.1) is 11.3 Å². The fraction of sp³-hybridized carbons (Fsp3) is 0.190. The number of hydrogen-bond acceptors (Lipinski definition) is 5. The first-order valence-corrected chi connectivity index (χ1v) is 9.36. The summed E-state index contributed by atoms with van der Waals surface area (Å²) in [5, 5.41) is 9.13. The third-order valence-electron chi connectivity index (χ3n) is 4.53. The number of rotatable bonds is 5. The lowest BCUT2D eigenvalue weighted by Crippen LogP contribution is -2.19. The van der Waals surface area contributed by atoms with Crippen molar-refractivity contribution in [3.05, 3.63) is 76.5 Å². The largest absolute Gasteiger partial charge is 0.493 e. The zero-order chi connectivity index (χ0) is 17.9. The minimum absolute atomic E-state index is 0.0551. The van der Waals surface area contributed by atoms with Crippen molar-refractivity contribution in [1.29, 1.82) is 0 Å². The molecule has 1 aliphatic rings. The maximum atomic E-state index is 5.69. The van der Waals surface area contributed by atoms with E-state index >= 15 is 0 Å². The molecular formula is C21H20N2O2S. The predicted octanol–water partition coefficient (Wildman–Crippen LogP) is 5.12. The molecule has 0 unspecified atom stereocenters. The van der Waals surface area contributed by atoms with Crippen molar-refractivity contribution in [1.82, 2.24) is 0 Å². The molecule has 4 rings (SSSR count). The minimum atomic E-state index is 0.0551. The Morgan fingerprint density at radius 1 is 0.962 bits per heavy atom. The Labute approximate surface area is 157 Å². The highest BCUT2D eigenvalue weighted by atomic mass is 32.1. The fourth-order valence-corrected chi connectivity index (χ4v) is 4.06. The molecule has 4 nitrogen and oxygen atoms in total. The number of benzene rings is 2. The Morgan fingerprint density at radius 2 is 1.81 bits per heavy atom. The first kappa shape index (κ1) is 16.7. The summed E-state index contributed by atoms with van der Waals surface area (Å²) in [7, 11) is 3.35. The van der Waals surface area contributed by atoms with Crippen molar-refractivity contribution >= 4 is 22.7 Å². The van der Waals surface area contributed by atoms with Gasteiger partial charge < -0.3 is 9.47 Å². The summed E-state index contributed by atoms with van der Waals surface area (Å²) in [6.45, 7) is 0. The standard InChI is InChI=1S/C21H20N2O2S/c1-24-19-11-6-10-16(21(19)25-2)18-14-17(20-12-7-13-26-20)22-23(18)15-8-4-3-5-9-15/h3-13,18H,14H2,1-2H3/t18-/m0/s1. The molecule has 3 aromatic rings. The lowest BCUT2D eigenvalue weighted by atomic mass is 9.99. The van der Waals surface area contributed by atoms with Gasteiger partial charge in [0.05, 0.1) is 36.5 Å². The topological polar surface area (TPSA) is 34.1 Å². The van der Waals surface area contributed by atoms with E-state index in [1.54, 1.807) is 25.6 Å². The summed E-state index contributed by atoms with van der Waals surface area (Å²) in [6.07, 6.45) is 0.818. The number of anilines is 1. The van der Waals surface area contributed by atoms with Gasteiger partial charge >= 0.3 is 0 Å². The van der Waals surface area contributed by atoms with Gasteiger partial charge in [-0.1, -0.05) is 36.4 Å². The second kappa shape index (κ2) is 7.22. The van der Waals surface area contributed by atoms with Gasteiger partial charge in [0, 0.05) is 12.0 Å². The van der Waals surface area contributed by atoms with Crippen LogP contribution >= 0.6 is 11.3 Å². The first-order valence-electron chi connectivity index (χ1n) is 8.48. The van der Waals surface area contributed by atoms with Crippen LogP contribution in [0.15, 0.2) is 71.1 Å². The molecule has 1 aliphatic heterocycles. The van der Waals surface area contributed by atoms with Gasteiger partial charge in [-0.25, -0.2) is 0 Å². The third kappa shape index (κ3) is 2.95. The highest BCUT2D eigenvalue weighted by molar-refractivity contribution is 7.12. The molecular weight excluding hydrogens is 344 g/mol. The maximum Gasteiger partial charge on any atom is 0.166 e. The van der Waals surface area contributed by atoms with Crippen LogP contribution < -0.4 is 14.5 Å². The molecule has 2 aromatic carbocycles. The van der Waals surface area contributed by atoms with E-state index in [0.717, 1.165) is 34.9 Å². The predicted molar refractivity (Wildman–Crippen MR) is 107 cm³/mol. The molecule has 0 saturated carbocycles. The van der Waals surface area contributed by atoms with Gasteiger partial charge in [0.25, 0.3) is 0 Å². The average Bonchev–Trinajstić information content (AvgIpc) is 3.37. The molecule has 0 N–H and O–H groups in total. The van der Waals surface area contributed by atoms with E-state index in [4.69, 9.17) is 14.6 Å². The maximum absolute atomic E-state index is 5.69. The fourth-order valence-electron chi connectivity index (χ4n) is 3.34. The normalized spacial score (nSPS) is 16.5. The minimum Gasteiger partial charge on any atom is -0.493 e. The Kier molecular flexibility index (Phi) is 4.63. The van der Waals surface area contributed by atoms with E-state index in [9.17, 15) is 0 Å².